The summed E-state index contributed by atoms with van der Waals surface area (Å²) in [6, 6.07) is 28.6. The molecule has 1 saturated heterocycles. The van der Waals surface area contributed by atoms with E-state index in [0.717, 1.165) is 0 Å². The van der Waals surface area contributed by atoms with E-state index in [1.807, 2.05) is 30.3 Å². The molecule has 0 bridgehead atoms. The van der Waals surface area contributed by atoms with Gasteiger partial charge in [-0.05, 0) is 78.5 Å². The van der Waals surface area contributed by atoms with E-state index in [2.05, 4.69) is 5.32 Å². The van der Waals surface area contributed by atoms with Gasteiger partial charge in [-0.15, -0.1) is 0 Å². The van der Waals surface area contributed by atoms with Gasteiger partial charge in [0.2, 0.25) is 5.75 Å². The average Bonchev–Trinajstić information content (AvgIpc) is 2.93. The first-order chi connectivity index (χ1) is 18.9. The molecule has 1 aliphatic rings. The molecule has 0 saturated carbocycles. The number of ether oxygens (including phenoxy) is 2. The van der Waals surface area contributed by atoms with E-state index >= 15 is 0 Å². The maximum atomic E-state index is 13.4. The molecule has 0 atom stereocenters. The third kappa shape index (κ3) is 5.65. The first-order valence-corrected chi connectivity index (χ1v) is 12.1. The number of anilines is 1. The quantitative estimate of drug-likeness (QED) is 0.101. The van der Waals surface area contributed by atoms with Gasteiger partial charge in [0.15, 0.2) is 5.11 Å². The van der Waals surface area contributed by atoms with Crippen LogP contribution in [0.2, 0.25) is 0 Å². The topological polar surface area (TPSA) is 111 Å². The Hall–Kier alpha value is -5.35. The van der Waals surface area contributed by atoms with E-state index in [1.165, 1.54) is 29.2 Å². The van der Waals surface area contributed by atoms with E-state index in [0.29, 0.717) is 22.9 Å². The summed E-state index contributed by atoms with van der Waals surface area (Å²) in [5.41, 5.74) is 0.117. The highest BCUT2D eigenvalue weighted by Crippen LogP contribution is 2.33. The molecule has 10 heteroatoms. The highest BCUT2D eigenvalue weighted by molar-refractivity contribution is 7.80. The van der Waals surface area contributed by atoms with Crippen molar-refractivity contribution in [3.63, 3.8) is 0 Å². The van der Waals surface area contributed by atoms with Crippen LogP contribution in [0, 0.1) is 10.1 Å². The van der Waals surface area contributed by atoms with E-state index in [1.54, 1.807) is 54.6 Å². The zero-order valence-electron chi connectivity index (χ0n) is 20.1. The number of amides is 2. The fourth-order valence-corrected chi connectivity index (χ4v) is 4.10. The summed E-state index contributed by atoms with van der Waals surface area (Å²) >= 11 is 5.26. The van der Waals surface area contributed by atoms with Crippen LogP contribution in [0.15, 0.2) is 109 Å². The lowest BCUT2D eigenvalue weighted by Crippen LogP contribution is -2.54. The molecular formula is C29H19N3O6S. The number of nitro groups is 1. The highest BCUT2D eigenvalue weighted by atomic mass is 32.1. The molecule has 0 aromatic heterocycles. The Morgan fingerprint density at radius 3 is 2.00 bits per heavy atom. The van der Waals surface area contributed by atoms with Crippen molar-refractivity contribution >= 4 is 46.6 Å². The largest absolute Gasteiger partial charge is 0.457 e. The van der Waals surface area contributed by atoms with Crippen LogP contribution >= 0.6 is 12.2 Å². The van der Waals surface area contributed by atoms with Gasteiger partial charge in [0.25, 0.3) is 11.8 Å². The number of carbonyl (C=O) groups is 2. The molecule has 0 aliphatic carbocycles. The van der Waals surface area contributed by atoms with Gasteiger partial charge >= 0.3 is 5.69 Å². The molecule has 9 nitrogen and oxygen atoms in total. The molecule has 1 N–H and O–H groups in total. The van der Waals surface area contributed by atoms with Crippen LogP contribution in [0.5, 0.6) is 23.0 Å². The number of thiocarbonyl (C=S) groups is 1. The molecule has 1 fully saturated rings. The van der Waals surface area contributed by atoms with Crippen LogP contribution in [-0.2, 0) is 9.59 Å². The van der Waals surface area contributed by atoms with Crippen molar-refractivity contribution in [2.75, 3.05) is 4.90 Å². The van der Waals surface area contributed by atoms with Crippen molar-refractivity contribution in [3.8, 4) is 23.0 Å². The number of benzene rings is 4. The van der Waals surface area contributed by atoms with Gasteiger partial charge in [0.1, 0.15) is 22.8 Å². The van der Waals surface area contributed by atoms with Crippen molar-refractivity contribution in [1.29, 1.82) is 0 Å². The van der Waals surface area contributed by atoms with Gasteiger partial charge in [0, 0.05) is 6.07 Å². The Morgan fingerprint density at radius 2 is 1.38 bits per heavy atom. The molecule has 4 aromatic rings. The lowest BCUT2D eigenvalue weighted by molar-refractivity contribution is -0.385. The molecule has 1 aliphatic heterocycles. The van der Waals surface area contributed by atoms with E-state index in [9.17, 15) is 19.7 Å². The van der Waals surface area contributed by atoms with Crippen LogP contribution in [0.4, 0.5) is 11.4 Å². The summed E-state index contributed by atoms with van der Waals surface area (Å²) in [6.07, 6.45) is 1.28. The third-order valence-corrected chi connectivity index (χ3v) is 5.92. The van der Waals surface area contributed by atoms with Gasteiger partial charge in [0.05, 0.1) is 10.6 Å². The van der Waals surface area contributed by atoms with Gasteiger partial charge in [-0.25, -0.2) is 0 Å². The summed E-state index contributed by atoms with van der Waals surface area (Å²) in [5, 5.41) is 14.1. The monoisotopic (exact) mass is 537 g/mol. The van der Waals surface area contributed by atoms with Crippen molar-refractivity contribution in [1.82, 2.24) is 5.32 Å². The fraction of sp³-hybridized carbons (Fsp3) is 0. The van der Waals surface area contributed by atoms with Crippen LogP contribution in [-0.4, -0.2) is 21.9 Å². The predicted molar refractivity (Wildman–Crippen MR) is 149 cm³/mol. The molecule has 39 heavy (non-hydrogen) atoms. The molecule has 4 aromatic carbocycles. The van der Waals surface area contributed by atoms with Gasteiger partial charge in [-0.1, -0.05) is 42.5 Å². The SMILES string of the molecule is O=C1NC(=S)N(c2ccc(Oc3ccccc3)cc2)C(=O)/C1=C/c1ccc(Oc2ccccc2)c([N+](=O)[O-])c1. The first kappa shape index (κ1) is 25.3. The molecule has 192 valence electrons. The molecule has 1 heterocycles. The number of nitrogens with one attached hydrogen (secondary N) is 1. The molecular weight excluding hydrogens is 518 g/mol. The number of rotatable bonds is 7. The predicted octanol–water partition coefficient (Wildman–Crippen LogP) is 6.01. The number of carbonyl (C=O) groups excluding carboxylic acids is 2. The minimum atomic E-state index is -0.711. The van der Waals surface area contributed by atoms with Crippen LogP contribution in [0.25, 0.3) is 6.08 Å². The van der Waals surface area contributed by atoms with Gasteiger partial charge in [-0.2, -0.15) is 0 Å². The highest BCUT2D eigenvalue weighted by Gasteiger charge is 2.34. The number of hydrogen-bond donors (Lipinski definition) is 1. The number of nitro benzene ring substituents is 1. The Morgan fingerprint density at radius 1 is 0.795 bits per heavy atom. The summed E-state index contributed by atoms with van der Waals surface area (Å²) < 4.78 is 11.4. The van der Waals surface area contributed by atoms with Crippen molar-refractivity contribution in [2.45, 2.75) is 0 Å². The Bertz CT molecular complexity index is 1610. The Balaban J connectivity index is 1.41. The third-order valence-electron chi connectivity index (χ3n) is 5.64. The Labute approximate surface area is 228 Å². The average molecular weight is 538 g/mol. The van der Waals surface area contributed by atoms with Crippen LogP contribution in [0.1, 0.15) is 5.56 Å². The molecule has 0 spiro atoms. The van der Waals surface area contributed by atoms with Crippen molar-refractivity contribution < 1.29 is 24.0 Å². The maximum absolute atomic E-state index is 13.4. The van der Waals surface area contributed by atoms with Crippen LogP contribution in [0.3, 0.4) is 0 Å². The zero-order chi connectivity index (χ0) is 27.4. The number of hydrogen-bond acceptors (Lipinski definition) is 7. The molecule has 2 amide bonds. The maximum Gasteiger partial charge on any atom is 0.312 e. The fourth-order valence-electron chi connectivity index (χ4n) is 3.82. The number of para-hydroxylation sites is 2. The lowest BCUT2D eigenvalue weighted by Gasteiger charge is -2.29. The van der Waals surface area contributed by atoms with Crippen molar-refractivity contribution in [2.24, 2.45) is 0 Å². The second-order valence-corrected chi connectivity index (χ2v) is 8.65. The minimum absolute atomic E-state index is 0.0217. The van der Waals surface area contributed by atoms with Crippen molar-refractivity contribution in [3.05, 3.63) is 124 Å². The van der Waals surface area contributed by atoms with Gasteiger partial charge in [-0.3, -0.25) is 29.9 Å². The smallest absolute Gasteiger partial charge is 0.312 e. The van der Waals surface area contributed by atoms with Gasteiger partial charge < -0.3 is 9.47 Å². The molecule has 0 radical (unpaired) electrons. The normalized spacial score (nSPS) is 14.2. The molecule has 5 rings (SSSR count). The van der Waals surface area contributed by atoms with E-state index in [4.69, 9.17) is 21.7 Å². The second kappa shape index (κ2) is 11.0. The van der Waals surface area contributed by atoms with E-state index in [-0.39, 0.29) is 27.7 Å². The summed E-state index contributed by atoms with van der Waals surface area (Å²) in [4.78, 5) is 38.4. The zero-order valence-corrected chi connectivity index (χ0v) is 21.0. The first-order valence-electron chi connectivity index (χ1n) is 11.6. The lowest BCUT2D eigenvalue weighted by atomic mass is 10.1. The summed E-state index contributed by atoms with van der Waals surface area (Å²) in [6.45, 7) is 0. The number of nitrogens with zero attached hydrogens (tertiary/aromatic N) is 2. The summed E-state index contributed by atoms with van der Waals surface area (Å²) in [7, 11) is 0. The summed E-state index contributed by atoms with van der Waals surface area (Å²) in [5.74, 6) is 0.267. The Kier molecular flexibility index (Phi) is 7.11. The molecule has 0 unspecified atom stereocenters. The van der Waals surface area contributed by atoms with E-state index < -0.39 is 16.7 Å². The minimum Gasteiger partial charge on any atom is -0.457 e. The standard InChI is InChI=1S/C29H19N3O6S/c33-27-24(17-19-11-16-26(25(18-19)32(35)36)38-22-9-5-2-6-10-22)28(34)31(29(39)30-27)20-12-14-23(15-13-20)37-21-7-3-1-4-8-21/h1-18H,(H,30,33,39)/b24-17+. The van der Waals surface area contributed by atoms with Crippen LogP contribution < -0.4 is 19.7 Å². The second-order valence-electron chi connectivity index (χ2n) is 8.27.